The minimum Gasteiger partial charge on any atom is -0.376 e. The lowest BCUT2D eigenvalue weighted by molar-refractivity contribution is 0.589. The van der Waals surface area contributed by atoms with Crippen LogP contribution in [0.15, 0.2) is 218 Å². The van der Waals surface area contributed by atoms with Gasteiger partial charge in [0.2, 0.25) is 0 Å². The van der Waals surface area contributed by atoms with Crippen LogP contribution in [-0.2, 0) is 21.7 Å². The molecule has 0 amide bonds. The summed E-state index contributed by atoms with van der Waals surface area (Å²) in [4.78, 5) is 7.84. The highest BCUT2D eigenvalue weighted by molar-refractivity contribution is 6.93. The molecule has 0 saturated carbocycles. The number of nitrogens with zero attached hydrogens (tertiary/aromatic N) is 3. The summed E-state index contributed by atoms with van der Waals surface area (Å²) in [5, 5.41) is 0. The molecule has 0 radical (unpaired) electrons. The Hall–Kier alpha value is -8.34. The SMILES string of the molecule is Cc1cc(C(C)(C)C)ccc1N1c2cc(-c3ccccc3)ccc2B2c3c(cc4c(c31)C(C)(C)c1ccccc1-4)-c1cc(N(c3ccc(C(C)(C)C)cc3)c3ccc(C(C)(C)C)cc3)ccc1N2c1ccc(-c2ccccc2)cc1. The van der Waals surface area contributed by atoms with Gasteiger partial charge in [0.1, 0.15) is 0 Å². The second-order valence-corrected chi connectivity index (χ2v) is 26.3. The number of benzene rings is 10. The highest BCUT2D eigenvalue weighted by Gasteiger charge is 2.50. The molecule has 0 bridgehead atoms. The first-order valence-electron chi connectivity index (χ1n) is 28.8. The molecule has 10 aromatic carbocycles. The number of aryl methyl sites for hydroxylation is 1. The molecule has 2 heterocycles. The minimum absolute atomic E-state index is 0.0133. The van der Waals surface area contributed by atoms with Crippen LogP contribution in [0.2, 0.25) is 0 Å². The molecule has 0 unspecified atom stereocenters. The van der Waals surface area contributed by atoms with E-state index in [4.69, 9.17) is 0 Å². The fourth-order valence-electron chi connectivity index (χ4n) is 13.2. The number of rotatable bonds is 7. The van der Waals surface area contributed by atoms with Crippen molar-refractivity contribution in [1.29, 1.82) is 0 Å². The summed E-state index contributed by atoms with van der Waals surface area (Å²) >= 11 is 0. The molecule has 80 heavy (non-hydrogen) atoms. The summed E-state index contributed by atoms with van der Waals surface area (Å²) in [6.07, 6.45) is 0. The van der Waals surface area contributed by atoms with E-state index in [9.17, 15) is 0 Å². The lowest BCUT2D eigenvalue weighted by Gasteiger charge is -2.48. The first kappa shape index (κ1) is 51.1. The van der Waals surface area contributed by atoms with Crippen LogP contribution in [0.3, 0.4) is 0 Å². The summed E-state index contributed by atoms with van der Waals surface area (Å²) in [5.74, 6) is 0. The first-order valence-corrected chi connectivity index (χ1v) is 28.8. The minimum atomic E-state index is -0.327. The molecule has 0 aromatic heterocycles. The second-order valence-electron chi connectivity index (χ2n) is 26.3. The van der Waals surface area contributed by atoms with Gasteiger partial charge in [-0.3, -0.25) is 0 Å². The Labute approximate surface area is 476 Å². The van der Waals surface area contributed by atoms with Crippen molar-refractivity contribution in [2.24, 2.45) is 0 Å². The first-order chi connectivity index (χ1) is 38.3. The predicted molar refractivity (Wildman–Crippen MR) is 344 cm³/mol. The molecule has 3 aliphatic rings. The highest BCUT2D eigenvalue weighted by atomic mass is 15.2. The third-order valence-electron chi connectivity index (χ3n) is 17.6. The monoisotopic (exact) mass is 1040 g/mol. The molecule has 1 aliphatic carbocycles. The molecule has 3 nitrogen and oxygen atoms in total. The van der Waals surface area contributed by atoms with Crippen molar-refractivity contribution < 1.29 is 0 Å². The molecule has 13 rings (SSSR count). The number of hydrogen-bond donors (Lipinski definition) is 0. The van der Waals surface area contributed by atoms with E-state index in [1.807, 2.05) is 0 Å². The van der Waals surface area contributed by atoms with E-state index in [1.165, 1.54) is 112 Å². The largest absolute Gasteiger partial charge is 0.376 e. The van der Waals surface area contributed by atoms with Gasteiger partial charge in [-0.2, -0.15) is 0 Å². The molecule has 0 N–H and O–H groups in total. The summed E-state index contributed by atoms with van der Waals surface area (Å²) in [6, 6.07) is 83.2. The molecule has 2 aliphatic heterocycles. The van der Waals surface area contributed by atoms with E-state index in [1.54, 1.807) is 0 Å². The highest BCUT2D eigenvalue weighted by Crippen LogP contribution is 2.59. The lowest BCUT2D eigenvalue weighted by atomic mass is 9.42. The van der Waals surface area contributed by atoms with Gasteiger partial charge in [0.25, 0.3) is 0 Å². The van der Waals surface area contributed by atoms with Gasteiger partial charge >= 0.3 is 6.85 Å². The molecule has 4 heteroatoms. The second kappa shape index (κ2) is 18.6. The van der Waals surface area contributed by atoms with Crippen LogP contribution in [-0.4, -0.2) is 6.85 Å². The Balaban J connectivity index is 1.14. The van der Waals surface area contributed by atoms with Gasteiger partial charge in [0.05, 0.1) is 0 Å². The fourth-order valence-corrected chi connectivity index (χ4v) is 13.2. The van der Waals surface area contributed by atoms with Crippen LogP contribution >= 0.6 is 0 Å². The van der Waals surface area contributed by atoms with Gasteiger partial charge in [-0.05, 0) is 179 Å². The smallest absolute Gasteiger partial charge is 0.333 e. The van der Waals surface area contributed by atoms with Gasteiger partial charge in [-0.15, -0.1) is 0 Å². The fraction of sp³-hybridized carbons (Fsp3) is 0.211. The van der Waals surface area contributed by atoms with Crippen molar-refractivity contribution in [2.75, 3.05) is 14.6 Å². The van der Waals surface area contributed by atoms with Gasteiger partial charge in [-0.25, -0.2) is 0 Å². The zero-order chi connectivity index (χ0) is 55.6. The number of anilines is 8. The van der Waals surface area contributed by atoms with E-state index in [2.05, 4.69) is 316 Å². The Bertz CT molecular complexity index is 3960. The lowest BCUT2D eigenvalue weighted by Crippen LogP contribution is -2.62. The van der Waals surface area contributed by atoms with Crippen molar-refractivity contribution in [1.82, 2.24) is 0 Å². The van der Waals surface area contributed by atoms with Crippen molar-refractivity contribution in [3.63, 3.8) is 0 Å². The maximum Gasteiger partial charge on any atom is 0.333 e. The van der Waals surface area contributed by atoms with Crippen molar-refractivity contribution in [3.8, 4) is 44.5 Å². The van der Waals surface area contributed by atoms with Crippen LogP contribution < -0.4 is 25.5 Å². The topological polar surface area (TPSA) is 9.72 Å². The van der Waals surface area contributed by atoms with Crippen LogP contribution in [0.4, 0.5) is 45.5 Å². The van der Waals surface area contributed by atoms with Gasteiger partial charge in [0, 0.05) is 56.5 Å². The Morgan fingerprint density at radius 1 is 0.400 bits per heavy atom. The summed E-state index contributed by atoms with van der Waals surface area (Å²) in [6.45, 7) is 27.8. The van der Waals surface area contributed by atoms with Gasteiger partial charge in [-0.1, -0.05) is 222 Å². The van der Waals surface area contributed by atoms with E-state index >= 15 is 0 Å². The average molecular weight is 1040 g/mol. The average Bonchev–Trinajstić information content (AvgIpc) is 2.11. The Morgan fingerprint density at radius 3 is 1.50 bits per heavy atom. The third kappa shape index (κ3) is 8.41. The zero-order valence-electron chi connectivity index (χ0n) is 48.7. The van der Waals surface area contributed by atoms with Crippen molar-refractivity contribution in [3.05, 3.63) is 252 Å². The van der Waals surface area contributed by atoms with Crippen LogP contribution in [0.25, 0.3) is 44.5 Å². The van der Waals surface area contributed by atoms with E-state index in [0.717, 1.165) is 22.7 Å². The van der Waals surface area contributed by atoms with Crippen LogP contribution in [0.5, 0.6) is 0 Å². The molecule has 0 fully saturated rings. The summed E-state index contributed by atoms with van der Waals surface area (Å²) in [5.41, 5.74) is 29.5. The van der Waals surface area contributed by atoms with Crippen molar-refractivity contribution >= 4 is 63.3 Å². The zero-order valence-corrected chi connectivity index (χ0v) is 48.7. The predicted octanol–water partition coefficient (Wildman–Crippen LogP) is 19.7. The number of hydrogen-bond acceptors (Lipinski definition) is 3. The van der Waals surface area contributed by atoms with Gasteiger partial charge in [0.15, 0.2) is 0 Å². The normalized spacial score (nSPS) is 14.0. The summed E-state index contributed by atoms with van der Waals surface area (Å²) < 4.78 is 0. The van der Waals surface area contributed by atoms with Crippen molar-refractivity contribution in [2.45, 2.75) is 105 Å². The quantitative estimate of drug-likeness (QED) is 0.147. The molecule has 394 valence electrons. The molecular weight excluding hydrogens is 966 g/mol. The van der Waals surface area contributed by atoms with Gasteiger partial charge < -0.3 is 14.6 Å². The van der Waals surface area contributed by atoms with E-state index in [-0.39, 0.29) is 28.5 Å². The third-order valence-corrected chi connectivity index (χ3v) is 17.6. The Kier molecular flexibility index (Phi) is 11.9. The molecule has 0 atom stereocenters. The Morgan fingerprint density at radius 2 is 0.912 bits per heavy atom. The molecular formula is C76H72BN3. The van der Waals surface area contributed by atoms with Crippen LogP contribution in [0.1, 0.15) is 110 Å². The molecule has 0 saturated heterocycles. The molecule has 0 spiro atoms. The maximum absolute atomic E-state index is 2.69. The standard InChI is InChI=1S/C76H72BN3/c1-49-45-56(75(8,9)10)34-43-67(49)79-69-46-53(51-23-17-14-18-24-51)29-42-66(69)77-71-64(48-63-61-25-19-20-26-65(61)76(11,12)70(63)72(71)79)62-47-60(41-44-68(62)80(77)59-35-27-52(28-36-59)50-21-15-13-16-22-50)78(57-37-30-54(31-38-57)73(2,3)4)58-39-32-55(33-40-58)74(5,6)7/h13-48H,1-12H3. The van der Waals surface area contributed by atoms with Crippen LogP contribution in [0, 0.1) is 6.92 Å². The van der Waals surface area contributed by atoms with E-state index < -0.39 is 0 Å². The number of fused-ring (bicyclic) bond motifs is 8. The summed E-state index contributed by atoms with van der Waals surface area (Å²) in [7, 11) is 0. The molecule has 10 aromatic rings. The maximum atomic E-state index is 2.69. The van der Waals surface area contributed by atoms with E-state index in [0.29, 0.717) is 0 Å².